The summed E-state index contributed by atoms with van der Waals surface area (Å²) >= 11 is 5.01. The first-order valence-corrected chi connectivity index (χ1v) is 14.0. The average Bonchev–Trinajstić information content (AvgIpc) is 3.42. The molecule has 4 aromatic heterocycles. The van der Waals surface area contributed by atoms with E-state index in [0.717, 1.165) is 77.9 Å². The summed E-state index contributed by atoms with van der Waals surface area (Å²) in [6.45, 7) is 6.44. The zero-order valence-corrected chi connectivity index (χ0v) is 20.9. The number of thioether (sulfide) groups is 1. The number of thiophene rings is 1. The summed E-state index contributed by atoms with van der Waals surface area (Å²) in [7, 11) is 0. The van der Waals surface area contributed by atoms with Crippen molar-refractivity contribution in [3.63, 3.8) is 0 Å². The maximum Gasteiger partial charge on any atom is 0.258 e. The van der Waals surface area contributed by atoms with E-state index in [2.05, 4.69) is 11.8 Å². The van der Waals surface area contributed by atoms with Crippen LogP contribution in [0.25, 0.3) is 15.2 Å². The largest absolute Gasteiger partial charge is 0.379 e. The Balaban J connectivity index is 1.36. The molecular weight excluding hydrogens is 474 g/mol. The normalized spacial score (nSPS) is 19.4. The van der Waals surface area contributed by atoms with Crippen molar-refractivity contribution in [3.05, 3.63) is 50.0 Å². The van der Waals surface area contributed by atoms with Gasteiger partial charge in [-0.1, -0.05) is 18.7 Å². The topological polar surface area (TPSA) is 72.6 Å². The van der Waals surface area contributed by atoms with Gasteiger partial charge < -0.3 is 4.74 Å². The summed E-state index contributed by atoms with van der Waals surface area (Å²) in [6, 6.07) is 1.64. The molecular formula is C23H25N5O2S3. The van der Waals surface area contributed by atoms with Crippen LogP contribution in [0.3, 0.4) is 0 Å². The molecule has 1 atom stereocenters. The lowest BCUT2D eigenvalue weighted by atomic mass is 9.89. The molecule has 33 heavy (non-hydrogen) atoms. The quantitative estimate of drug-likeness (QED) is 0.303. The molecule has 0 saturated carbocycles. The fourth-order valence-corrected chi connectivity index (χ4v) is 7.76. The Kier molecular flexibility index (Phi) is 5.95. The zero-order valence-electron chi connectivity index (χ0n) is 18.5. The highest BCUT2D eigenvalue weighted by Crippen LogP contribution is 2.41. The molecule has 5 heterocycles. The van der Waals surface area contributed by atoms with Gasteiger partial charge in [-0.3, -0.25) is 14.1 Å². The minimum absolute atomic E-state index is 0.0282. The van der Waals surface area contributed by atoms with Crippen LogP contribution in [0.4, 0.5) is 0 Å². The number of hydrogen-bond acceptors (Lipinski definition) is 9. The molecule has 172 valence electrons. The Labute approximate surface area is 203 Å². The van der Waals surface area contributed by atoms with Crippen molar-refractivity contribution in [1.82, 2.24) is 24.3 Å². The second-order valence-electron chi connectivity index (χ2n) is 8.80. The van der Waals surface area contributed by atoms with Gasteiger partial charge in [-0.2, -0.15) is 0 Å². The molecule has 1 saturated heterocycles. The molecule has 1 aliphatic heterocycles. The minimum Gasteiger partial charge on any atom is -0.379 e. The summed E-state index contributed by atoms with van der Waals surface area (Å²) in [5.74, 6) is 2.21. The predicted molar refractivity (Wildman–Crippen MR) is 134 cm³/mol. The van der Waals surface area contributed by atoms with Gasteiger partial charge in [-0.15, -0.1) is 22.7 Å². The highest BCUT2D eigenvalue weighted by atomic mass is 32.2. The molecule has 0 unspecified atom stereocenters. The minimum atomic E-state index is -0.0282. The van der Waals surface area contributed by atoms with Gasteiger partial charge in [0.1, 0.15) is 15.7 Å². The smallest absolute Gasteiger partial charge is 0.258 e. The van der Waals surface area contributed by atoms with Crippen LogP contribution in [0.2, 0.25) is 0 Å². The van der Waals surface area contributed by atoms with Crippen LogP contribution >= 0.6 is 34.4 Å². The lowest BCUT2D eigenvalue weighted by molar-refractivity contribution is 0.0330. The first-order chi connectivity index (χ1) is 16.1. The second kappa shape index (κ2) is 9.07. The van der Waals surface area contributed by atoms with E-state index >= 15 is 0 Å². The van der Waals surface area contributed by atoms with E-state index in [1.807, 2.05) is 16.7 Å². The molecule has 0 amide bonds. The standard InChI is InChI=1S/C23H25N5O2S3/c1-14-2-3-16-17(10-14)33-22-20(16)21(25-18(26-22)12-27-4-7-30-8-5-27)32-13-15-11-19(29)28-6-9-31-23(28)24-15/h6,9,11,14H,2-5,7-8,10,12-13H2,1H3/t14-/m0/s1. The van der Waals surface area contributed by atoms with E-state index < -0.39 is 0 Å². The number of thiazole rings is 1. The van der Waals surface area contributed by atoms with E-state index in [0.29, 0.717) is 5.75 Å². The number of morpholine rings is 1. The maximum absolute atomic E-state index is 12.4. The molecule has 1 aliphatic carbocycles. The Morgan fingerprint density at radius 1 is 1.24 bits per heavy atom. The fourth-order valence-electron chi connectivity index (χ4n) is 4.59. The van der Waals surface area contributed by atoms with Crippen LogP contribution in [0.15, 0.2) is 27.5 Å². The van der Waals surface area contributed by atoms with Gasteiger partial charge in [0.15, 0.2) is 4.96 Å². The van der Waals surface area contributed by atoms with E-state index in [9.17, 15) is 4.79 Å². The Morgan fingerprint density at radius 3 is 3.00 bits per heavy atom. The first kappa shape index (κ1) is 21.7. The lowest BCUT2D eigenvalue weighted by Crippen LogP contribution is -2.36. The van der Waals surface area contributed by atoms with Gasteiger partial charge in [0.2, 0.25) is 0 Å². The first-order valence-electron chi connectivity index (χ1n) is 11.3. The molecule has 10 heteroatoms. The van der Waals surface area contributed by atoms with Gasteiger partial charge in [0.25, 0.3) is 5.56 Å². The monoisotopic (exact) mass is 499 g/mol. The molecule has 1 fully saturated rings. The zero-order chi connectivity index (χ0) is 22.4. The van der Waals surface area contributed by atoms with Crippen molar-refractivity contribution in [2.75, 3.05) is 26.3 Å². The van der Waals surface area contributed by atoms with Gasteiger partial charge in [-0.25, -0.2) is 15.0 Å². The molecule has 7 nitrogen and oxygen atoms in total. The SMILES string of the molecule is C[C@H]1CCc2c(sc3nc(CN4CCOCC4)nc(SCc4cc(=O)n5ccsc5n4)c23)C1. The average molecular weight is 500 g/mol. The van der Waals surface area contributed by atoms with Crippen molar-refractivity contribution in [2.24, 2.45) is 5.92 Å². The van der Waals surface area contributed by atoms with E-state index in [-0.39, 0.29) is 5.56 Å². The van der Waals surface area contributed by atoms with Crippen LogP contribution < -0.4 is 5.56 Å². The number of aryl methyl sites for hydroxylation is 1. The van der Waals surface area contributed by atoms with Crippen molar-refractivity contribution in [2.45, 2.75) is 43.5 Å². The van der Waals surface area contributed by atoms with Gasteiger partial charge >= 0.3 is 0 Å². The highest BCUT2D eigenvalue weighted by Gasteiger charge is 2.25. The van der Waals surface area contributed by atoms with Crippen molar-refractivity contribution in [1.29, 1.82) is 0 Å². The molecule has 0 radical (unpaired) electrons. The van der Waals surface area contributed by atoms with Crippen molar-refractivity contribution in [3.8, 4) is 0 Å². The van der Waals surface area contributed by atoms with Crippen LogP contribution in [0, 0.1) is 5.92 Å². The lowest BCUT2D eigenvalue weighted by Gasteiger charge is -2.25. The highest BCUT2D eigenvalue weighted by molar-refractivity contribution is 7.98. The number of hydrogen-bond donors (Lipinski definition) is 0. The van der Waals surface area contributed by atoms with Crippen molar-refractivity contribution >= 4 is 49.6 Å². The number of nitrogens with zero attached hydrogens (tertiary/aromatic N) is 5. The Morgan fingerprint density at radius 2 is 2.12 bits per heavy atom. The number of ether oxygens (including phenoxy) is 1. The molecule has 0 bridgehead atoms. The Bertz CT molecular complexity index is 1370. The molecule has 4 aromatic rings. The summed E-state index contributed by atoms with van der Waals surface area (Å²) in [4.78, 5) is 32.9. The maximum atomic E-state index is 12.4. The third kappa shape index (κ3) is 4.35. The number of aromatic nitrogens is 4. The van der Waals surface area contributed by atoms with E-state index in [1.54, 1.807) is 28.4 Å². The summed E-state index contributed by atoms with van der Waals surface area (Å²) in [6.07, 6.45) is 5.21. The third-order valence-corrected chi connectivity index (χ3v) is 9.26. The van der Waals surface area contributed by atoms with E-state index in [1.165, 1.54) is 33.6 Å². The van der Waals surface area contributed by atoms with E-state index in [4.69, 9.17) is 19.7 Å². The van der Waals surface area contributed by atoms with Crippen LogP contribution in [0.1, 0.15) is 35.3 Å². The van der Waals surface area contributed by atoms with Crippen LogP contribution in [0.5, 0.6) is 0 Å². The number of rotatable bonds is 5. The molecule has 6 rings (SSSR count). The van der Waals surface area contributed by atoms with Crippen LogP contribution in [-0.4, -0.2) is 50.6 Å². The molecule has 0 aromatic carbocycles. The number of fused-ring (bicyclic) bond motifs is 4. The summed E-state index contributed by atoms with van der Waals surface area (Å²) in [5, 5.41) is 4.15. The van der Waals surface area contributed by atoms with Crippen molar-refractivity contribution < 1.29 is 4.74 Å². The predicted octanol–water partition coefficient (Wildman–Crippen LogP) is 4.01. The molecule has 0 N–H and O–H groups in total. The summed E-state index contributed by atoms with van der Waals surface area (Å²) in [5.41, 5.74) is 2.21. The fraction of sp³-hybridized carbons (Fsp3) is 0.478. The van der Waals surface area contributed by atoms with Gasteiger partial charge in [-0.05, 0) is 30.7 Å². The molecule has 0 spiro atoms. The summed E-state index contributed by atoms with van der Waals surface area (Å²) < 4.78 is 7.10. The second-order valence-corrected chi connectivity index (χ2v) is 11.7. The Hall–Kier alpha value is -1.85. The van der Waals surface area contributed by atoms with Gasteiger partial charge in [0.05, 0.1) is 25.5 Å². The third-order valence-electron chi connectivity index (χ3n) is 6.35. The van der Waals surface area contributed by atoms with Gasteiger partial charge in [0, 0.05) is 46.7 Å². The van der Waals surface area contributed by atoms with Crippen LogP contribution in [-0.2, 0) is 29.9 Å². The molecule has 2 aliphatic rings.